The Morgan fingerprint density at radius 3 is 2.36 bits per heavy atom. The molecule has 2 N–H and O–H groups in total. The SMILES string of the molecule is C/C=C(\C)C(=O)O[C@@H]1[C@@H](C)C2C3C=C(C)C(=O)[C@@]3(O)CC(CO)=C[C@H]2C2C(C)(C)[C@@]21OC(=O)CCCCCCCCC. The minimum atomic E-state index is -1.66. The third-order valence-corrected chi connectivity index (χ3v) is 11.0. The summed E-state index contributed by atoms with van der Waals surface area (Å²) in [7, 11) is 0. The van der Waals surface area contributed by atoms with E-state index >= 15 is 0 Å². The first-order valence-electron chi connectivity index (χ1n) is 16.1. The summed E-state index contributed by atoms with van der Waals surface area (Å²) in [6.45, 7) is 13.2. The topological polar surface area (TPSA) is 110 Å². The predicted molar refractivity (Wildman–Crippen MR) is 161 cm³/mol. The number of hydrogen-bond acceptors (Lipinski definition) is 7. The molecule has 7 nitrogen and oxygen atoms in total. The molecule has 0 spiro atoms. The second-order valence-electron chi connectivity index (χ2n) is 13.9. The van der Waals surface area contributed by atoms with Crippen LogP contribution in [0.25, 0.3) is 0 Å². The molecule has 4 aliphatic carbocycles. The van der Waals surface area contributed by atoms with Crippen LogP contribution in [0.4, 0.5) is 0 Å². The molecule has 3 unspecified atom stereocenters. The van der Waals surface area contributed by atoms with Gasteiger partial charge in [0.05, 0.1) is 6.61 Å². The molecule has 0 heterocycles. The maximum Gasteiger partial charge on any atom is 0.333 e. The van der Waals surface area contributed by atoms with Crippen molar-refractivity contribution in [1.29, 1.82) is 0 Å². The minimum absolute atomic E-state index is 0.0564. The summed E-state index contributed by atoms with van der Waals surface area (Å²) >= 11 is 0. The van der Waals surface area contributed by atoms with Gasteiger partial charge in [-0.2, -0.15) is 0 Å². The second kappa shape index (κ2) is 12.4. The molecule has 0 bridgehead atoms. The van der Waals surface area contributed by atoms with E-state index in [0.29, 0.717) is 23.1 Å². The van der Waals surface area contributed by atoms with Gasteiger partial charge in [0.2, 0.25) is 0 Å². The van der Waals surface area contributed by atoms with Crippen molar-refractivity contribution in [2.75, 3.05) is 6.61 Å². The maximum atomic E-state index is 13.4. The lowest BCUT2D eigenvalue weighted by molar-refractivity contribution is -0.192. The molecule has 42 heavy (non-hydrogen) atoms. The zero-order valence-electron chi connectivity index (χ0n) is 26.7. The lowest BCUT2D eigenvalue weighted by atomic mass is 9.62. The molecule has 234 valence electrons. The number of fused-ring (bicyclic) bond motifs is 5. The van der Waals surface area contributed by atoms with Gasteiger partial charge in [0.25, 0.3) is 0 Å². The normalized spacial score (nSPS) is 36.6. The molecular formula is C35H52O7. The zero-order valence-corrected chi connectivity index (χ0v) is 26.7. The van der Waals surface area contributed by atoms with Crippen LogP contribution in [-0.2, 0) is 23.9 Å². The van der Waals surface area contributed by atoms with Gasteiger partial charge in [-0.15, -0.1) is 0 Å². The number of aliphatic hydroxyl groups excluding tert-OH is 1. The van der Waals surface area contributed by atoms with Gasteiger partial charge in [-0.3, -0.25) is 9.59 Å². The Hall–Kier alpha value is -2.25. The van der Waals surface area contributed by atoms with E-state index in [4.69, 9.17) is 9.47 Å². The number of allylic oxidation sites excluding steroid dienone is 2. The first kappa shape index (κ1) is 32.7. The number of Topliss-reactive ketones (excluding diaryl/α,β-unsaturated/α-hetero) is 1. The number of esters is 2. The third kappa shape index (κ3) is 5.34. The molecule has 4 rings (SSSR count). The van der Waals surface area contributed by atoms with Crippen LogP contribution < -0.4 is 0 Å². The molecule has 7 heteroatoms. The van der Waals surface area contributed by atoms with E-state index in [2.05, 4.69) is 20.8 Å². The smallest absolute Gasteiger partial charge is 0.333 e. The van der Waals surface area contributed by atoms with E-state index in [0.717, 1.165) is 19.3 Å². The lowest BCUT2D eigenvalue weighted by Gasteiger charge is -2.47. The van der Waals surface area contributed by atoms with Crippen molar-refractivity contribution < 1.29 is 34.1 Å². The molecule has 0 aromatic heterocycles. The summed E-state index contributed by atoms with van der Waals surface area (Å²) in [4.78, 5) is 40.0. The van der Waals surface area contributed by atoms with Crippen molar-refractivity contribution in [3.05, 3.63) is 34.9 Å². The summed E-state index contributed by atoms with van der Waals surface area (Å²) in [6.07, 6.45) is 12.9. The van der Waals surface area contributed by atoms with Gasteiger partial charge in [0, 0.05) is 41.6 Å². The van der Waals surface area contributed by atoms with Crippen LogP contribution in [-0.4, -0.2) is 51.8 Å². The Balaban J connectivity index is 1.68. The van der Waals surface area contributed by atoms with Crippen molar-refractivity contribution >= 4 is 17.7 Å². The molecule has 0 aromatic carbocycles. The van der Waals surface area contributed by atoms with E-state index in [1.54, 1.807) is 26.8 Å². The van der Waals surface area contributed by atoms with Crippen LogP contribution in [0.3, 0.4) is 0 Å². The summed E-state index contributed by atoms with van der Waals surface area (Å²) in [5, 5.41) is 22.1. The fourth-order valence-electron chi connectivity index (χ4n) is 8.68. The Morgan fingerprint density at radius 1 is 1.10 bits per heavy atom. The average molecular weight is 585 g/mol. The van der Waals surface area contributed by atoms with E-state index < -0.39 is 34.6 Å². The average Bonchev–Trinajstić information content (AvgIpc) is 3.40. The Labute approximate surface area is 251 Å². The van der Waals surface area contributed by atoms with Gasteiger partial charge in [-0.05, 0) is 50.2 Å². The highest BCUT2D eigenvalue weighted by Crippen LogP contribution is 2.76. The molecule has 4 aliphatic rings. The van der Waals surface area contributed by atoms with Crippen molar-refractivity contribution in [1.82, 2.24) is 0 Å². The van der Waals surface area contributed by atoms with Gasteiger partial charge >= 0.3 is 11.9 Å². The van der Waals surface area contributed by atoms with Crippen molar-refractivity contribution in [2.24, 2.45) is 35.0 Å². The van der Waals surface area contributed by atoms with Gasteiger partial charge in [0.1, 0.15) is 11.7 Å². The molecule has 0 radical (unpaired) electrons. The fraction of sp³-hybridized carbons (Fsp3) is 0.743. The molecule has 2 saturated carbocycles. The van der Waals surface area contributed by atoms with E-state index in [-0.39, 0.29) is 48.5 Å². The summed E-state index contributed by atoms with van der Waals surface area (Å²) in [5.74, 6) is -2.55. The van der Waals surface area contributed by atoms with E-state index in [9.17, 15) is 24.6 Å². The number of aliphatic hydroxyl groups is 2. The lowest BCUT2D eigenvalue weighted by Crippen LogP contribution is -2.56. The quantitative estimate of drug-likeness (QED) is 0.125. The number of carbonyl (C=O) groups is 3. The van der Waals surface area contributed by atoms with Gasteiger partial charge in [-0.25, -0.2) is 4.79 Å². The number of rotatable bonds is 12. The number of ether oxygens (including phenoxy) is 2. The van der Waals surface area contributed by atoms with Crippen LogP contribution in [0.1, 0.15) is 106 Å². The molecule has 8 atom stereocenters. The van der Waals surface area contributed by atoms with E-state index in [1.165, 1.54) is 25.7 Å². The molecular weight excluding hydrogens is 532 g/mol. The first-order valence-corrected chi connectivity index (χ1v) is 16.1. The highest BCUT2D eigenvalue weighted by molar-refractivity contribution is 6.04. The molecule has 0 saturated heterocycles. The van der Waals surface area contributed by atoms with Crippen molar-refractivity contribution in [3.63, 3.8) is 0 Å². The third-order valence-electron chi connectivity index (χ3n) is 11.0. The molecule has 0 aromatic rings. The number of hydrogen-bond donors (Lipinski definition) is 2. The maximum absolute atomic E-state index is 13.4. The summed E-state index contributed by atoms with van der Waals surface area (Å²) in [5.41, 5.74) is -1.64. The fourth-order valence-corrected chi connectivity index (χ4v) is 8.68. The monoisotopic (exact) mass is 584 g/mol. The van der Waals surface area contributed by atoms with Crippen LogP contribution >= 0.6 is 0 Å². The van der Waals surface area contributed by atoms with Crippen molar-refractivity contribution in [3.8, 4) is 0 Å². The number of carbonyl (C=O) groups excluding carboxylic acids is 3. The Kier molecular flexibility index (Phi) is 9.64. The minimum Gasteiger partial charge on any atom is -0.454 e. The summed E-state index contributed by atoms with van der Waals surface area (Å²) in [6, 6.07) is 0. The van der Waals surface area contributed by atoms with Gasteiger partial charge in [0.15, 0.2) is 11.4 Å². The highest BCUT2D eigenvalue weighted by atomic mass is 16.6. The molecule has 0 aliphatic heterocycles. The van der Waals surface area contributed by atoms with Crippen LogP contribution in [0.15, 0.2) is 34.9 Å². The molecule has 2 fully saturated rings. The van der Waals surface area contributed by atoms with E-state index in [1.807, 2.05) is 19.1 Å². The zero-order chi connectivity index (χ0) is 31.0. The highest BCUT2D eigenvalue weighted by Gasteiger charge is 2.85. The molecule has 0 amide bonds. The van der Waals surface area contributed by atoms with Crippen LogP contribution in [0.2, 0.25) is 0 Å². The first-order chi connectivity index (χ1) is 19.8. The second-order valence-corrected chi connectivity index (χ2v) is 13.9. The van der Waals surface area contributed by atoms with Crippen LogP contribution in [0.5, 0.6) is 0 Å². The Morgan fingerprint density at radius 2 is 1.74 bits per heavy atom. The standard InChI is InChI=1S/C35H52O7/c1-8-10-11-12-13-14-15-16-27(37)42-35-29(33(35,6)7)25-18-24(20-36)19-34(40)26(17-22(4)30(34)38)28(25)23(5)31(35)41-32(39)21(3)9-2/h9,17-18,23,25-26,28-29,31,36,40H,8,10-16,19-20H2,1-7H3/b21-9+/t23-,25+,26?,28?,29?,31+,34+,35+/m0/s1. The predicted octanol–water partition coefficient (Wildman–Crippen LogP) is 6.02. The number of unbranched alkanes of at least 4 members (excludes halogenated alkanes) is 6. The van der Waals surface area contributed by atoms with Gasteiger partial charge < -0.3 is 19.7 Å². The Bertz CT molecular complexity index is 1160. The largest absolute Gasteiger partial charge is 0.454 e. The summed E-state index contributed by atoms with van der Waals surface area (Å²) < 4.78 is 12.7. The van der Waals surface area contributed by atoms with Gasteiger partial charge in [-0.1, -0.05) is 84.4 Å². The number of ketones is 1. The van der Waals surface area contributed by atoms with Crippen molar-refractivity contribution in [2.45, 2.75) is 124 Å². The van der Waals surface area contributed by atoms with Crippen LogP contribution in [0, 0.1) is 35.0 Å².